The fraction of sp³-hybridized carbons (Fsp3) is 0.241. The van der Waals surface area contributed by atoms with Gasteiger partial charge in [-0.05, 0) is 46.8 Å². The summed E-state index contributed by atoms with van der Waals surface area (Å²) in [6.45, 7) is 3.10. The molecule has 1 aliphatic heterocycles. The van der Waals surface area contributed by atoms with Gasteiger partial charge in [0, 0.05) is 55.0 Å². The number of hydrogen-bond acceptors (Lipinski definition) is 5. The van der Waals surface area contributed by atoms with Crippen LogP contribution in [0.3, 0.4) is 0 Å². The molecule has 2 heterocycles. The van der Waals surface area contributed by atoms with Crippen molar-refractivity contribution in [3.05, 3.63) is 102 Å². The van der Waals surface area contributed by atoms with Crippen LogP contribution in [0.25, 0.3) is 10.8 Å². The minimum Gasteiger partial charge on any atom is -0.493 e. The minimum absolute atomic E-state index is 0.116. The summed E-state index contributed by atoms with van der Waals surface area (Å²) in [6.07, 6.45) is 4.54. The number of fused-ring (bicyclic) bond motifs is 1. The van der Waals surface area contributed by atoms with E-state index in [-0.39, 0.29) is 12.2 Å². The summed E-state index contributed by atoms with van der Waals surface area (Å²) in [4.78, 5) is 19.4. The molecule has 0 radical (unpaired) electrons. The van der Waals surface area contributed by atoms with Gasteiger partial charge in [0.05, 0.1) is 19.8 Å². The van der Waals surface area contributed by atoms with Gasteiger partial charge in [-0.2, -0.15) is 0 Å². The highest BCUT2D eigenvalue weighted by Crippen LogP contribution is 2.30. The molecule has 0 unspecified atom stereocenters. The van der Waals surface area contributed by atoms with Crippen molar-refractivity contribution < 1.29 is 18.7 Å². The maximum atomic E-state index is 14.4. The SMILES string of the molecule is O=C(Cc1ccc(OCCc2cccnc2)c2ccccc12)c1cc(F)cc(N2CCOCC2)c1. The molecule has 35 heavy (non-hydrogen) atoms. The lowest BCUT2D eigenvalue weighted by molar-refractivity contribution is 0.0993. The lowest BCUT2D eigenvalue weighted by Crippen LogP contribution is -2.36. The highest BCUT2D eigenvalue weighted by molar-refractivity contribution is 6.01. The fourth-order valence-electron chi connectivity index (χ4n) is 4.45. The largest absolute Gasteiger partial charge is 0.493 e. The molecule has 3 aromatic carbocycles. The molecule has 4 aromatic rings. The van der Waals surface area contributed by atoms with E-state index in [2.05, 4.69) is 9.88 Å². The standard InChI is InChI=1S/C29H27FN2O3/c30-24-16-23(17-25(19-24)32-11-14-34-15-12-32)28(33)18-22-7-8-29(27-6-2-1-5-26(22)27)35-13-9-21-4-3-10-31-20-21/h1-8,10,16-17,19-20H,9,11-15,18H2. The summed E-state index contributed by atoms with van der Waals surface area (Å²) in [6, 6.07) is 20.3. The Kier molecular flexibility index (Phi) is 7.00. The number of carbonyl (C=O) groups excluding carboxylic acids is 1. The number of anilines is 1. The molecule has 178 valence electrons. The Morgan fingerprint density at radius 2 is 1.83 bits per heavy atom. The van der Waals surface area contributed by atoms with Gasteiger partial charge in [-0.3, -0.25) is 9.78 Å². The predicted octanol–water partition coefficient (Wildman–Crippen LogP) is 5.26. The topological polar surface area (TPSA) is 51.7 Å². The normalized spacial score (nSPS) is 13.7. The summed E-state index contributed by atoms with van der Waals surface area (Å²) in [5.74, 6) is 0.259. The van der Waals surface area contributed by atoms with Crippen LogP contribution in [-0.2, 0) is 17.6 Å². The highest BCUT2D eigenvalue weighted by atomic mass is 19.1. The quantitative estimate of drug-likeness (QED) is 0.329. The maximum absolute atomic E-state index is 14.4. The van der Waals surface area contributed by atoms with E-state index in [1.807, 2.05) is 54.7 Å². The maximum Gasteiger partial charge on any atom is 0.167 e. The first-order chi connectivity index (χ1) is 17.2. The van der Waals surface area contributed by atoms with Gasteiger partial charge in [-0.15, -0.1) is 0 Å². The Morgan fingerprint density at radius 1 is 1.00 bits per heavy atom. The molecule has 0 saturated carbocycles. The zero-order chi connectivity index (χ0) is 24.0. The molecule has 0 spiro atoms. The number of halogens is 1. The predicted molar refractivity (Wildman–Crippen MR) is 135 cm³/mol. The van der Waals surface area contributed by atoms with Crippen molar-refractivity contribution in [2.75, 3.05) is 37.8 Å². The number of ketones is 1. The summed E-state index contributed by atoms with van der Waals surface area (Å²) >= 11 is 0. The van der Waals surface area contributed by atoms with Crippen LogP contribution in [0, 0.1) is 5.82 Å². The zero-order valence-electron chi connectivity index (χ0n) is 19.5. The van der Waals surface area contributed by atoms with Crippen LogP contribution in [0.4, 0.5) is 10.1 Å². The first-order valence-electron chi connectivity index (χ1n) is 11.9. The number of rotatable bonds is 8. The van der Waals surface area contributed by atoms with Crippen LogP contribution in [-0.4, -0.2) is 43.7 Å². The minimum atomic E-state index is -0.403. The van der Waals surface area contributed by atoms with E-state index in [0.29, 0.717) is 38.5 Å². The Labute approximate surface area is 204 Å². The molecule has 6 heteroatoms. The average molecular weight is 471 g/mol. The summed E-state index contributed by atoms with van der Waals surface area (Å²) in [7, 11) is 0. The van der Waals surface area contributed by atoms with Gasteiger partial charge in [-0.1, -0.05) is 36.4 Å². The lowest BCUT2D eigenvalue weighted by Gasteiger charge is -2.29. The van der Waals surface area contributed by atoms with Gasteiger partial charge in [0.2, 0.25) is 0 Å². The van der Waals surface area contributed by atoms with Crippen LogP contribution in [0.5, 0.6) is 5.75 Å². The molecule has 0 bridgehead atoms. The number of ether oxygens (including phenoxy) is 2. The van der Waals surface area contributed by atoms with Crippen molar-refractivity contribution in [2.24, 2.45) is 0 Å². The van der Waals surface area contributed by atoms with E-state index in [1.54, 1.807) is 12.3 Å². The van der Waals surface area contributed by atoms with Gasteiger partial charge >= 0.3 is 0 Å². The second kappa shape index (κ2) is 10.7. The average Bonchev–Trinajstić information content (AvgIpc) is 2.90. The molecule has 5 nitrogen and oxygen atoms in total. The van der Waals surface area contributed by atoms with E-state index in [4.69, 9.17) is 9.47 Å². The van der Waals surface area contributed by atoms with Gasteiger partial charge < -0.3 is 14.4 Å². The van der Waals surface area contributed by atoms with Gasteiger partial charge in [0.1, 0.15) is 11.6 Å². The Hall–Kier alpha value is -3.77. The van der Waals surface area contributed by atoms with E-state index >= 15 is 0 Å². The third-order valence-corrected chi connectivity index (χ3v) is 6.28. The molecule has 0 amide bonds. The van der Waals surface area contributed by atoms with Crippen LogP contribution in [0.15, 0.2) is 79.1 Å². The molecule has 0 aliphatic carbocycles. The van der Waals surface area contributed by atoms with Gasteiger partial charge in [0.15, 0.2) is 5.78 Å². The molecule has 1 aromatic heterocycles. The monoisotopic (exact) mass is 470 g/mol. The van der Waals surface area contributed by atoms with Crippen LogP contribution < -0.4 is 9.64 Å². The van der Waals surface area contributed by atoms with E-state index in [0.717, 1.165) is 39.8 Å². The van der Waals surface area contributed by atoms with Crippen molar-refractivity contribution in [3.8, 4) is 5.75 Å². The van der Waals surface area contributed by atoms with E-state index < -0.39 is 5.82 Å². The van der Waals surface area contributed by atoms with Crippen molar-refractivity contribution in [1.29, 1.82) is 0 Å². The van der Waals surface area contributed by atoms with E-state index in [9.17, 15) is 9.18 Å². The molecule has 1 saturated heterocycles. The van der Waals surface area contributed by atoms with Crippen molar-refractivity contribution >= 4 is 22.2 Å². The van der Waals surface area contributed by atoms with Crippen LogP contribution >= 0.6 is 0 Å². The smallest absolute Gasteiger partial charge is 0.167 e. The number of carbonyl (C=O) groups is 1. The van der Waals surface area contributed by atoms with Crippen molar-refractivity contribution in [3.63, 3.8) is 0 Å². The number of Topliss-reactive ketones (excluding diaryl/α,β-unsaturated/α-hetero) is 1. The third kappa shape index (κ3) is 5.49. The third-order valence-electron chi connectivity index (χ3n) is 6.28. The first-order valence-corrected chi connectivity index (χ1v) is 11.9. The van der Waals surface area contributed by atoms with Crippen LogP contribution in [0.1, 0.15) is 21.5 Å². The molecule has 0 atom stereocenters. The molecule has 1 fully saturated rings. The molecule has 5 rings (SSSR count). The van der Waals surface area contributed by atoms with Crippen LogP contribution in [0.2, 0.25) is 0 Å². The summed E-state index contributed by atoms with van der Waals surface area (Å²) in [5, 5.41) is 1.92. The number of aromatic nitrogens is 1. The lowest BCUT2D eigenvalue weighted by atomic mass is 9.96. The highest BCUT2D eigenvalue weighted by Gasteiger charge is 2.17. The fourth-order valence-corrected chi connectivity index (χ4v) is 4.45. The number of pyridine rings is 1. The van der Waals surface area contributed by atoms with Gasteiger partial charge in [-0.25, -0.2) is 4.39 Å². The summed E-state index contributed by atoms with van der Waals surface area (Å²) in [5.41, 5.74) is 3.11. The Balaban J connectivity index is 1.34. The number of morpholine rings is 1. The summed E-state index contributed by atoms with van der Waals surface area (Å²) < 4.78 is 25.9. The first kappa shape index (κ1) is 23.0. The number of hydrogen-bond donors (Lipinski definition) is 0. The second-order valence-corrected chi connectivity index (χ2v) is 8.63. The number of benzene rings is 3. The molecular formula is C29H27FN2O3. The second-order valence-electron chi connectivity index (χ2n) is 8.63. The molecule has 0 N–H and O–H groups in total. The van der Waals surface area contributed by atoms with Gasteiger partial charge in [0.25, 0.3) is 0 Å². The molecular weight excluding hydrogens is 443 g/mol. The van der Waals surface area contributed by atoms with E-state index in [1.165, 1.54) is 12.1 Å². The van der Waals surface area contributed by atoms with Crippen molar-refractivity contribution in [2.45, 2.75) is 12.8 Å². The Bertz CT molecular complexity index is 1320. The number of nitrogens with zero attached hydrogens (tertiary/aromatic N) is 2. The molecule has 1 aliphatic rings. The van der Waals surface area contributed by atoms with Crippen molar-refractivity contribution in [1.82, 2.24) is 4.98 Å². The zero-order valence-corrected chi connectivity index (χ0v) is 19.5. The Morgan fingerprint density at radius 3 is 2.63 bits per heavy atom.